The molecule has 3 nitrogen and oxygen atoms in total. The van der Waals surface area contributed by atoms with Crippen molar-refractivity contribution in [3.05, 3.63) is 0 Å². The third-order valence-corrected chi connectivity index (χ3v) is 2.10. The standard InChI is InChI=1S/C8H18INO2/c1-11-7-8-12-6-5-10-4-2-3-9/h10H,2-8H2,1H3. The van der Waals surface area contributed by atoms with E-state index in [-0.39, 0.29) is 0 Å². The van der Waals surface area contributed by atoms with E-state index in [1.807, 2.05) is 0 Å². The lowest BCUT2D eigenvalue weighted by Crippen LogP contribution is -2.21. The minimum atomic E-state index is 0.688. The molecule has 0 aliphatic heterocycles. The average molecular weight is 287 g/mol. The molecular weight excluding hydrogens is 269 g/mol. The Labute approximate surface area is 88.3 Å². The van der Waals surface area contributed by atoms with Gasteiger partial charge in [0.2, 0.25) is 0 Å². The van der Waals surface area contributed by atoms with Gasteiger partial charge in [-0.3, -0.25) is 0 Å². The van der Waals surface area contributed by atoms with Gasteiger partial charge in [0, 0.05) is 18.1 Å². The van der Waals surface area contributed by atoms with Gasteiger partial charge in [-0.05, 0) is 13.0 Å². The Morgan fingerprint density at radius 1 is 1.17 bits per heavy atom. The molecule has 0 bridgehead atoms. The Bertz CT molecular complexity index is 73.5. The maximum Gasteiger partial charge on any atom is 0.0700 e. The largest absolute Gasteiger partial charge is 0.382 e. The fourth-order valence-electron chi connectivity index (χ4n) is 0.705. The van der Waals surface area contributed by atoms with Gasteiger partial charge in [-0.1, -0.05) is 22.6 Å². The zero-order valence-electron chi connectivity index (χ0n) is 7.64. The van der Waals surface area contributed by atoms with Gasteiger partial charge >= 0.3 is 0 Å². The fourth-order valence-corrected chi connectivity index (χ4v) is 1.09. The Balaban J connectivity index is 2.73. The molecule has 4 heteroatoms. The van der Waals surface area contributed by atoms with Crippen LogP contribution in [0.2, 0.25) is 0 Å². The maximum atomic E-state index is 5.26. The first-order chi connectivity index (χ1) is 5.91. The molecule has 0 rings (SSSR count). The topological polar surface area (TPSA) is 30.5 Å². The second-order valence-corrected chi connectivity index (χ2v) is 3.48. The number of rotatable bonds is 9. The third kappa shape index (κ3) is 10.6. The van der Waals surface area contributed by atoms with Crippen molar-refractivity contribution in [1.29, 1.82) is 0 Å². The van der Waals surface area contributed by atoms with Crippen LogP contribution in [0.15, 0.2) is 0 Å². The first-order valence-corrected chi connectivity index (χ1v) is 5.77. The van der Waals surface area contributed by atoms with Crippen LogP contribution < -0.4 is 5.32 Å². The smallest absolute Gasteiger partial charge is 0.0700 e. The lowest BCUT2D eigenvalue weighted by Gasteiger charge is -2.04. The molecule has 0 saturated carbocycles. The molecule has 0 radical (unpaired) electrons. The summed E-state index contributed by atoms with van der Waals surface area (Å²) in [5.41, 5.74) is 0. The Morgan fingerprint density at radius 2 is 2.00 bits per heavy atom. The molecule has 0 spiro atoms. The Kier molecular flexibility index (Phi) is 12.2. The van der Waals surface area contributed by atoms with Gasteiger partial charge in [0.25, 0.3) is 0 Å². The van der Waals surface area contributed by atoms with Crippen molar-refractivity contribution >= 4 is 22.6 Å². The van der Waals surface area contributed by atoms with E-state index in [4.69, 9.17) is 9.47 Å². The van der Waals surface area contributed by atoms with Gasteiger partial charge in [-0.15, -0.1) is 0 Å². The minimum absolute atomic E-state index is 0.688. The van der Waals surface area contributed by atoms with Crippen molar-refractivity contribution in [1.82, 2.24) is 5.32 Å². The van der Waals surface area contributed by atoms with Gasteiger partial charge in [-0.25, -0.2) is 0 Å². The summed E-state index contributed by atoms with van der Waals surface area (Å²) >= 11 is 2.38. The summed E-state index contributed by atoms with van der Waals surface area (Å²) in [4.78, 5) is 0. The number of nitrogens with one attached hydrogen (secondary N) is 1. The molecule has 12 heavy (non-hydrogen) atoms. The third-order valence-electron chi connectivity index (χ3n) is 1.34. The lowest BCUT2D eigenvalue weighted by atomic mass is 10.5. The van der Waals surface area contributed by atoms with Gasteiger partial charge < -0.3 is 14.8 Å². The molecule has 0 saturated heterocycles. The number of hydrogen-bond acceptors (Lipinski definition) is 3. The highest BCUT2D eigenvalue weighted by atomic mass is 127. The molecule has 0 aliphatic rings. The predicted molar refractivity (Wildman–Crippen MR) is 59.1 cm³/mol. The van der Waals surface area contributed by atoms with Crippen LogP contribution in [0.5, 0.6) is 0 Å². The normalized spacial score (nSPS) is 10.5. The van der Waals surface area contributed by atoms with Crippen LogP contribution in [0, 0.1) is 0 Å². The lowest BCUT2D eigenvalue weighted by molar-refractivity contribution is 0.0721. The summed E-state index contributed by atoms with van der Waals surface area (Å²) in [5.74, 6) is 0. The van der Waals surface area contributed by atoms with Crippen LogP contribution in [-0.2, 0) is 9.47 Å². The highest BCUT2D eigenvalue weighted by Crippen LogP contribution is 1.84. The van der Waals surface area contributed by atoms with Crippen molar-refractivity contribution < 1.29 is 9.47 Å². The van der Waals surface area contributed by atoms with Crippen LogP contribution in [-0.4, -0.2) is 44.4 Å². The van der Waals surface area contributed by atoms with E-state index in [9.17, 15) is 0 Å². The van der Waals surface area contributed by atoms with Gasteiger partial charge in [0.15, 0.2) is 0 Å². The molecule has 0 aromatic rings. The van der Waals surface area contributed by atoms with E-state index < -0.39 is 0 Å². The summed E-state index contributed by atoms with van der Waals surface area (Å²) in [5, 5.41) is 3.29. The molecule has 0 aliphatic carbocycles. The molecule has 0 fully saturated rings. The second-order valence-electron chi connectivity index (χ2n) is 2.40. The van der Waals surface area contributed by atoms with E-state index in [0.717, 1.165) is 19.7 Å². The molecular formula is C8H18INO2. The molecule has 0 heterocycles. The zero-order valence-corrected chi connectivity index (χ0v) is 9.80. The Hall–Kier alpha value is 0.610. The summed E-state index contributed by atoms with van der Waals surface area (Å²) in [6, 6.07) is 0. The predicted octanol–water partition coefficient (Wildman–Crippen LogP) is 1.06. The second kappa shape index (κ2) is 11.6. The number of halogens is 1. The summed E-state index contributed by atoms with van der Waals surface area (Å²) < 4.78 is 11.3. The molecule has 0 aromatic heterocycles. The van der Waals surface area contributed by atoms with E-state index >= 15 is 0 Å². The van der Waals surface area contributed by atoms with Crippen LogP contribution in [0.25, 0.3) is 0 Å². The van der Waals surface area contributed by atoms with Crippen LogP contribution in [0.4, 0.5) is 0 Å². The van der Waals surface area contributed by atoms with Crippen LogP contribution >= 0.6 is 22.6 Å². The van der Waals surface area contributed by atoms with E-state index in [1.165, 1.54) is 10.8 Å². The van der Waals surface area contributed by atoms with E-state index in [0.29, 0.717) is 13.2 Å². The van der Waals surface area contributed by atoms with Gasteiger partial charge in [-0.2, -0.15) is 0 Å². The average Bonchev–Trinajstić information content (AvgIpc) is 2.10. The number of ether oxygens (including phenoxy) is 2. The molecule has 0 unspecified atom stereocenters. The van der Waals surface area contributed by atoms with E-state index in [1.54, 1.807) is 7.11 Å². The maximum absolute atomic E-state index is 5.26. The SMILES string of the molecule is COCCOCCNCCCI. The fraction of sp³-hybridized carbons (Fsp3) is 1.00. The van der Waals surface area contributed by atoms with Crippen molar-refractivity contribution in [3.63, 3.8) is 0 Å². The molecule has 0 aromatic carbocycles. The first kappa shape index (κ1) is 12.6. The summed E-state index contributed by atoms with van der Waals surface area (Å²) in [6.07, 6.45) is 1.23. The highest BCUT2D eigenvalue weighted by Gasteiger charge is 1.88. The molecule has 1 N–H and O–H groups in total. The van der Waals surface area contributed by atoms with E-state index in [2.05, 4.69) is 27.9 Å². The number of alkyl halides is 1. The monoisotopic (exact) mass is 287 g/mol. The zero-order chi connectivity index (χ0) is 9.07. The Morgan fingerprint density at radius 3 is 2.67 bits per heavy atom. The first-order valence-electron chi connectivity index (χ1n) is 4.25. The number of hydrogen-bond donors (Lipinski definition) is 1. The molecule has 74 valence electrons. The van der Waals surface area contributed by atoms with Gasteiger partial charge in [0.05, 0.1) is 19.8 Å². The van der Waals surface area contributed by atoms with Crippen molar-refractivity contribution in [2.24, 2.45) is 0 Å². The van der Waals surface area contributed by atoms with Crippen molar-refractivity contribution in [2.75, 3.05) is 44.4 Å². The van der Waals surface area contributed by atoms with Crippen LogP contribution in [0.1, 0.15) is 6.42 Å². The minimum Gasteiger partial charge on any atom is -0.382 e. The van der Waals surface area contributed by atoms with Crippen LogP contribution in [0.3, 0.4) is 0 Å². The van der Waals surface area contributed by atoms with Crippen molar-refractivity contribution in [2.45, 2.75) is 6.42 Å². The summed E-state index contributed by atoms with van der Waals surface area (Å²) in [6.45, 7) is 4.21. The quantitative estimate of drug-likeness (QED) is 0.391. The molecule has 0 atom stereocenters. The number of methoxy groups -OCH3 is 1. The van der Waals surface area contributed by atoms with Crippen molar-refractivity contribution in [3.8, 4) is 0 Å². The van der Waals surface area contributed by atoms with Gasteiger partial charge in [0.1, 0.15) is 0 Å². The molecule has 0 amide bonds. The summed E-state index contributed by atoms with van der Waals surface area (Å²) in [7, 11) is 1.68. The highest BCUT2D eigenvalue weighted by molar-refractivity contribution is 14.1.